The fourth-order valence-electron chi connectivity index (χ4n) is 2.30. The second-order valence-corrected chi connectivity index (χ2v) is 4.81. The predicted molar refractivity (Wildman–Crippen MR) is 70.0 cm³/mol. The number of hydrogen-bond donors (Lipinski definition) is 1. The van der Waals surface area contributed by atoms with Crippen LogP contribution < -0.4 is 5.32 Å². The van der Waals surface area contributed by atoms with Crippen molar-refractivity contribution in [1.82, 2.24) is 10.2 Å². The largest absolute Gasteiger partial charge is 0.349 e. The van der Waals surface area contributed by atoms with Gasteiger partial charge in [0.2, 0.25) is 0 Å². The van der Waals surface area contributed by atoms with Gasteiger partial charge in [0.15, 0.2) is 0 Å². The number of nitrogens with one attached hydrogen (secondary N) is 1. The van der Waals surface area contributed by atoms with Crippen molar-refractivity contribution < 1.29 is 0 Å². The second-order valence-electron chi connectivity index (χ2n) is 4.39. The second kappa shape index (κ2) is 4.51. The molecule has 0 bridgehead atoms. The number of benzene rings is 1. The van der Waals surface area contributed by atoms with E-state index in [1.807, 2.05) is 6.07 Å². The Hall–Kier alpha value is -1.32. The SMILES string of the molecule is ClC1N=CNC2=C1CN(Cc1ccccc1)C2. The number of alkyl halides is 1. The Morgan fingerprint density at radius 1 is 1.29 bits per heavy atom. The predicted octanol–water partition coefficient (Wildman–Crippen LogP) is 1.95. The molecule has 88 valence electrons. The van der Waals surface area contributed by atoms with E-state index in [0.29, 0.717) is 0 Å². The summed E-state index contributed by atoms with van der Waals surface area (Å²) in [5.74, 6) is 0. The van der Waals surface area contributed by atoms with Crippen LogP contribution in [-0.4, -0.2) is 29.8 Å². The lowest BCUT2D eigenvalue weighted by molar-refractivity contribution is 0.335. The van der Waals surface area contributed by atoms with Crippen molar-refractivity contribution in [2.24, 2.45) is 4.99 Å². The number of halogens is 1. The van der Waals surface area contributed by atoms with Crippen LogP contribution in [0, 0.1) is 0 Å². The Morgan fingerprint density at radius 2 is 2.12 bits per heavy atom. The summed E-state index contributed by atoms with van der Waals surface area (Å²) in [7, 11) is 0. The number of aliphatic imine (C=N–C) groups is 1. The van der Waals surface area contributed by atoms with Crippen LogP contribution in [0.3, 0.4) is 0 Å². The fourth-order valence-corrected chi connectivity index (χ4v) is 2.56. The molecule has 0 fully saturated rings. The van der Waals surface area contributed by atoms with Gasteiger partial charge >= 0.3 is 0 Å². The van der Waals surface area contributed by atoms with E-state index in [4.69, 9.17) is 11.6 Å². The van der Waals surface area contributed by atoms with E-state index in [2.05, 4.69) is 39.5 Å². The molecule has 0 aromatic heterocycles. The van der Waals surface area contributed by atoms with Crippen molar-refractivity contribution in [1.29, 1.82) is 0 Å². The Balaban J connectivity index is 1.67. The summed E-state index contributed by atoms with van der Waals surface area (Å²) >= 11 is 6.16. The minimum absolute atomic E-state index is 0.188. The van der Waals surface area contributed by atoms with Gasteiger partial charge < -0.3 is 5.32 Å². The quantitative estimate of drug-likeness (QED) is 0.639. The van der Waals surface area contributed by atoms with Crippen molar-refractivity contribution in [2.75, 3.05) is 13.1 Å². The number of nitrogens with zero attached hydrogens (tertiary/aromatic N) is 2. The summed E-state index contributed by atoms with van der Waals surface area (Å²) in [5, 5.41) is 3.19. The van der Waals surface area contributed by atoms with Gasteiger partial charge in [-0.2, -0.15) is 0 Å². The minimum atomic E-state index is -0.188. The summed E-state index contributed by atoms with van der Waals surface area (Å²) < 4.78 is 0. The Labute approximate surface area is 106 Å². The molecule has 2 aliphatic rings. The Morgan fingerprint density at radius 3 is 2.88 bits per heavy atom. The molecule has 0 spiro atoms. The summed E-state index contributed by atoms with van der Waals surface area (Å²) in [5.41, 5.74) is 3.58. The monoisotopic (exact) mass is 247 g/mol. The molecule has 2 aliphatic heterocycles. The van der Waals surface area contributed by atoms with Gasteiger partial charge in [0.1, 0.15) is 5.50 Å². The molecule has 0 saturated heterocycles. The van der Waals surface area contributed by atoms with Crippen molar-refractivity contribution >= 4 is 17.9 Å². The molecule has 1 N–H and O–H groups in total. The molecule has 17 heavy (non-hydrogen) atoms. The molecule has 0 aliphatic carbocycles. The van der Waals surface area contributed by atoms with Crippen molar-refractivity contribution in [3.63, 3.8) is 0 Å². The maximum atomic E-state index is 6.16. The average Bonchev–Trinajstić information content (AvgIpc) is 2.74. The van der Waals surface area contributed by atoms with Gasteiger partial charge in [-0.25, -0.2) is 0 Å². The van der Waals surface area contributed by atoms with Gasteiger partial charge in [0.05, 0.1) is 6.34 Å². The zero-order chi connectivity index (χ0) is 11.7. The third-order valence-electron chi connectivity index (χ3n) is 3.14. The van der Waals surface area contributed by atoms with Crippen molar-refractivity contribution in [2.45, 2.75) is 12.0 Å². The molecule has 1 aromatic rings. The van der Waals surface area contributed by atoms with Gasteiger partial charge in [0, 0.05) is 30.9 Å². The first kappa shape index (κ1) is 10.8. The Bertz CT molecular complexity index is 467. The highest BCUT2D eigenvalue weighted by Crippen LogP contribution is 2.25. The minimum Gasteiger partial charge on any atom is -0.349 e. The van der Waals surface area contributed by atoms with Crippen LogP contribution in [0.5, 0.6) is 0 Å². The molecule has 0 amide bonds. The smallest absolute Gasteiger partial charge is 0.149 e. The molecule has 3 nitrogen and oxygen atoms in total. The molecular formula is C13H14ClN3. The van der Waals surface area contributed by atoms with Crippen molar-refractivity contribution in [3.8, 4) is 0 Å². The third-order valence-corrected chi connectivity index (χ3v) is 3.52. The van der Waals surface area contributed by atoms with E-state index in [1.54, 1.807) is 6.34 Å². The molecule has 4 heteroatoms. The van der Waals surface area contributed by atoms with Crippen LogP contribution in [0.1, 0.15) is 5.56 Å². The number of rotatable bonds is 2. The summed E-state index contributed by atoms with van der Waals surface area (Å²) in [6.07, 6.45) is 1.70. The van der Waals surface area contributed by atoms with Gasteiger partial charge in [-0.15, -0.1) is 0 Å². The summed E-state index contributed by atoms with van der Waals surface area (Å²) in [6, 6.07) is 10.5. The van der Waals surface area contributed by atoms with Gasteiger partial charge in [0.25, 0.3) is 0 Å². The lowest BCUT2D eigenvalue weighted by Gasteiger charge is -2.15. The molecule has 1 atom stereocenters. The van der Waals surface area contributed by atoms with Crippen LogP contribution in [0.25, 0.3) is 0 Å². The van der Waals surface area contributed by atoms with E-state index in [9.17, 15) is 0 Å². The zero-order valence-corrected chi connectivity index (χ0v) is 10.2. The highest BCUT2D eigenvalue weighted by molar-refractivity contribution is 6.22. The standard InChI is InChI=1S/C13H14ClN3/c14-13-11-7-17(8-12(11)15-9-16-13)6-10-4-2-1-3-5-10/h1-5,9,13H,6-8H2,(H,15,16). The first-order valence-electron chi connectivity index (χ1n) is 5.73. The van der Waals surface area contributed by atoms with E-state index in [-0.39, 0.29) is 5.50 Å². The molecular weight excluding hydrogens is 234 g/mol. The number of hydrogen-bond acceptors (Lipinski definition) is 3. The topological polar surface area (TPSA) is 27.6 Å². The van der Waals surface area contributed by atoms with Gasteiger partial charge in [-0.05, 0) is 5.56 Å². The van der Waals surface area contributed by atoms with Crippen LogP contribution in [0.15, 0.2) is 46.6 Å². The van der Waals surface area contributed by atoms with Crippen LogP contribution in [0.2, 0.25) is 0 Å². The van der Waals surface area contributed by atoms with Gasteiger partial charge in [-0.1, -0.05) is 41.9 Å². The van der Waals surface area contributed by atoms with Crippen LogP contribution in [0.4, 0.5) is 0 Å². The normalized spacial score (nSPS) is 23.7. The molecule has 0 saturated carbocycles. The zero-order valence-electron chi connectivity index (χ0n) is 9.44. The molecule has 0 radical (unpaired) electrons. The van der Waals surface area contributed by atoms with Gasteiger partial charge in [-0.3, -0.25) is 9.89 Å². The first-order chi connectivity index (χ1) is 8.33. The van der Waals surface area contributed by atoms with E-state index in [0.717, 1.165) is 19.6 Å². The van der Waals surface area contributed by atoms with E-state index in [1.165, 1.54) is 16.8 Å². The molecule has 1 unspecified atom stereocenters. The highest BCUT2D eigenvalue weighted by atomic mass is 35.5. The maximum absolute atomic E-state index is 6.16. The lowest BCUT2D eigenvalue weighted by atomic mass is 10.2. The van der Waals surface area contributed by atoms with E-state index < -0.39 is 0 Å². The van der Waals surface area contributed by atoms with E-state index >= 15 is 0 Å². The average molecular weight is 248 g/mol. The fraction of sp³-hybridized carbons (Fsp3) is 0.308. The summed E-state index contributed by atoms with van der Waals surface area (Å²) in [6.45, 7) is 2.79. The van der Waals surface area contributed by atoms with Crippen LogP contribution in [-0.2, 0) is 6.54 Å². The first-order valence-corrected chi connectivity index (χ1v) is 6.17. The summed E-state index contributed by atoms with van der Waals surface area (Å²) in [4.78, 5) is 6.53. The molecule has 1 aromatic carbocycles. The molecule has 3 rings (SSSR count). The highest BCUT2D eigenvalue weighted by Gasteiger charge is 2.27. The lowest BCUT2D eigenvalue weighted by Crippen LogP contribution is -2.23. The third kappa shape index (κ3) is 2.21. The maximum Gasteiger partial charge on any atom is 0.149 e. The van der Waals surface area contributed by atoms with Crippen molar-refractivity contribution in [3.05, 3.63) is 47.2 Å². The van der Waals surface area contributed by atoms with Crippen LogP contribution >= 0.6 is 11.6 Å². The molecule has 2 heterocycles. The Kier molecular flexibility index (Phi) is 2.87.